The van der Waals surface area contributed by atoms with E-state index in [-0.39, 0.29) is 24.1 Å². The summed E-state index contributed by atoms with van der Waals surface area (Å²) in [5, 5.41) is 17.0. The molecule has 1 fully saturated rings. The molecule has 37 heavy (non-hydrogen) atoms. The molecule has 3 heterocycles. The van der Waals surface area contributed by atoms with Gasteiger partial charge in [-0.05, 0) is 67.9 Å². The van der Waals surface area contributed by atoms with Crippen LogP contribution in [0.25, 0.3) is 23.1 Å². The van der Waals surface area contributed by atoms with Gasteiger partial charge in [-0.25, -0.2) is 18.4 Å². The van der Waals surface area contributed by atoms with Gasteiger partial charge in [-0.2, -0.15) is 4.31 Å². The van der Waals surface area contributed by atoms with Gasteiger partial charge >= 0.3 is 0 Å². The van der Waals surface area contributed by atoms with E-state index in [0.29, 0.717) is 11.6 Å². The number of aromatic nitrogens is 3. The molecule has 0 amide bonds. The van der Waals surface area contributed by atoms with Crippen molar-refractivity contribution in [2.24, 2.45) is 0 Å². The molecule has 2 aromatic carbocycles. The average molecular weight is 519 g/mol. The molecular weight excluding hydrogens is 488 g/mol. The lowest BCUT2D eigenvalue weighted by Gasteiger charge is -2.33. The Hall–Kier alpha value is -3.57. The first-order valence-electron chi connectivity index (χ1n) is 12.3. The quantitative estimate of drug-likeness (QED) is 0.267. The van der Waals surface area contributed by atoms with E-state index in [1.54, 1.807) is 36.7 Å². The second-order valence-electron chi connectivity index (χ2n) is 8.93. The van der Waals surface area contributed by atoms with Crippen LogP contribution in [-0.4, -0.2) is 65.1 Å². The van der Waals surface area contributed by atoms with Gasteiger partial charge in [-0.1, -0.05) is 24.3 Å². The number of H-pyrrole nitrogens is 1. The number of nitrogens with one attached hydrogen (secondary N) is 3. The Labute approximate surface area is 216 Å². The maximum Gasteiger partial charge on any atom is 0.243 e. The molecule has 0 spiro atoms. The zero-order valence-electron chi connectivity index (χ0n) is 20.3. The van der Waals surface area contributed by atoms with Crippen LogP contribution in [0, 0.1) is 0 Å². The molecule has 2 aromatic heterocycles. The number of aliphatic hydroxyl groups is 1. The van der Waals surface area contributed by atoms with Crippen molar-refractivity contribution in [3.8, 4) is 0 Å². The number of hydrogen-bond acceptors (Lipinski definition) is 7. The molecule has 4 N–H and O–H groups in total. The first kappa shape index (κ1) is 25.1. The van der Waals surface area contributed by atoms with Crippen molar-refractivity contribution in [2.75, 3.05) is 31.6 Å². The van der Waals surface area contributed by atoms with Crippen LogP contribution in [-0.2, 0) is 10.0 Å². The second-order valence-corrected chi connectivity index (χ2v) is 10.8. The molecule has 10 heteroatoms. The highest BCUT2D eigenvalue weighted by Crippen LogP contribution is 2.25. The molecule has 0 radical (unpaired) electrons. The second kappa shape index (κ2) is 11.2. The lowest BCUT2D eigenvalue weighted by Crippen LogP contribution is -2.47. The van der Waals surface area contributed by atoms with E-state index >= 15 is 0 Å². The summed E-state index contributed by atoms with van der Waals surface area (Å²) in [5.41, 5.74) is 3.73. The maximum atomic E-state index is 13.3. The third kappa shape index (κ3) is 5.72. The van der Waals surface area contributed by atoms with Gasteiger partial charge in [0.2, 0.25) is 16.0 Å². The zero-order chi connectivity index (χ0) is 25.7. The van der Waals surface area contributed by atoms with E-state index < -0.39 is 10.0 Å². The highest BCUT2D eigenvalue weighted by molar-refractivity contribution is 7.89. The summed E-state index contributed by atoms with van der Waals surface area (Å²) in [5.74, 6) is 0.414. The molecule has 4 aromatic rings. The number of aliphatic hydroxyl groups excluding tert-OH is 1. The number of hydrogen-bond donors (Lipinski definition) is 4. The van der Waals surface area contributed by atoms with Crippen molar-refractivity contribution < 1.29 is 13.5 Å². The number of piperidine rings is 1. The van der Waals surface area contributed by atoms with E-state index in [2.05, 4.69) is 31.7 Å². The summed E-state index contributed by atoms with van der Waals surface area (Å²) in [6, 6.07) is 14.6. The molecular formula is C27H30N6O3S. The lowest BCUT2D eigenvalue weighted by molar-refractivity contribution is 0.204. The van der Waals surface area contributed by atoms with Crippen LogP contribution in [0.15, 0.2) is 72.0 Å². The van der Waals surface area contributed by atoms with E-state index in [0.717, 1.165) is 48.0 Å². The smallest absolute Gasteiger partial charge is 0.243 e. The minimum absolute atomic E-state index is 0.0853. The Balaban J connectivity index is 1.25. The van der Waals surface area contributed by atoms with Crippen molar-refractivity contribution >= 4 is 44.7 Å². The molecule has 9 nitrogen and oxygen atoms in total. The normalized spacial score (nSPS) is 15.1. The Morgan fingerprint density at radius 3 is 2.51 bits per heavy atom. The van der Waals surface area contributed by atoms with Gasteiger partial charge < -0.3 is 20.7 Å². The van der Waals surface area contributed by atoms with Crippen molar-refractivity contribution in [2.45, 2.75) is 23.8 Å². The number of rotatable bonds is 9. The van der Waals surface area contributed by atoms with Crippen LogP contribution >= 0.6 is 0 Å². The zero-order valence-corrected chi connectivity index (χ0v) is 21.2. The number of benzene rings is 2. The van der Waals surface area contributed by atoms with E-state index in [9.17, 15) is 13.5 Å². The number of fused-ring (bicyclic) bond motifs is 1. The molecule has 0 atom stereocenters. The Morgan fingerprint density at radius 1 is 1.03 bits per heavy atom. The van der Waals surface area contributed by atoms with Gasteiger partial charge in [0.25, 0.3) is 0 Å². The highest BCUT2D eigenvalue weighted by atomic mass is 32.2. The summed E-state index contributed by atoms with van der Waals surface area (Å²) >= 11 is 0. The molecule has 5 rings (SSSR count). The SMILES string of the molecule is O=S(=O)(c1ccc(Nc2ncc(C=Cc3cccc4[nH]ccc34)cn2)cc1)N(CCO)C1CCNCC1. The monoisotopic (exact) mass is 518 g/mol. The summed E-state index contributed by atoms with van der Waals surface area (Å²) in [6.45, 7) is 1.40. The summed E-state index contributed by atoms with van der Waals surface area (Å²) in [4.78, 5) is 12.2. The van der Waals surface area contributed by atoms with Crippen LogP contribution in [0.1, 0.15) is 24.0 Å². The van der Waals surface area contributed by atoms with Crippen molar-refractivity contribution in [3.63, 3.8) is 0 Å². The van der Waals surface area contributed by atoms with Crippen molar-refractivity contribution in [1.29, 1.82) is 0 Å². The van der Waals surface area contributed by atoms with Gasteiger partial charge in [0, 0.05) is 53.3 Å². The van der Waals surface area contributed by atoms with Crippen LogP contribution in [0.4, 0.5) is 11.6 Å². The van der Waals surface area contributed by atoms with Crippen LogP contribution < -0.4 is 10.6 Å². The van der Waals surface area contributed by atoms with Gasteiger partial charge in [0.05, 0.1) is 11.5 Å². The maximum absolute atomic E-state index is 13.3. The first-order chi connectivity index (χ1) is 18.0. The molecule has 1 saturated heterocycles. The summed E-state index contributed by atoms with van der Waals surface area (Å²) in [6.07, 6.45) is 10.8. The number of anilines is 2. The molecule has 1 aliphatic rings. The number of sulfonamides is 1. The highest BCUT2D eigenvalue weighted by Gasteiger charge is 2.31. The standard InChI is InChI=1S/C27H30N6O3S/c34-17-16-33(23-10-13-28-14-11-23)37(35,36)24-8-6-22(7-9-24)32-27-30-18-20(19-31-27)4-5-21-2-1-3-26-25(21)12-15-29-26/h1-9,12,15,18-19,23,28-29,34H,10-11,13-14,16-17H2,(H,30,31,32). The fourth-order valence-electron chi connectivity index (χ4n) is 4.60. The largest absolute Gasteiger partial charge is 0.395 e. The number of nitrogens with zero attached hydrogens (tertiary/aromatic N) is 3. The molecule has 0 aliphatic carbocycles. The topological polar surface area (TPSA) is 123 Å². The van der Waals surface area contributed by atoms with Crippen LogP contribution in [0.5, 0.6) is 0 Å². The Morgan fingerprint density at radius 2 is 1.78 bits per heavy atom. The summed E-state index contributed by atoms with van der Waals surface area (Å²) < 4.78 is 28.0. The number of aromatic amines is 1. The molecule has 0 saturated carbocycles. The minimum atomic E-state index is -3.72. The Kier molecular flexibility index (Phi) is 7.61. The van der Waals surface area contributed by atoms with E-state index in [1.807, 2.05) is 36.5 Å². The van der Waals surface area contributed by atoms with E-state index in [1.165, 1.54) is 4.31 Å². The fourth-order valence-corrected chi connectivity index (χ4v) is 6.27. The fraction of sp³-hybridized carbons (Fsp3) is 0.259. The van der Waals surface area contributed by atoms with E-state index in [4.69, 9.17) is 0 Å². The third-order valence-corrected chi connectivity index (χ3v) is 8.48. The molecule has 0 unspecified atom stereocenters. The Bertz CT molecular complexity index is 1460. The first-order valence-corrected chi connectivity index (χ1v) is 13.8. The predicted octanol–water partition coefficient (Wildman–Crippen LogP) is 3.61. The van der Waals surface area contributed by atoms with Gasteiger partial charge in [0.15, 0.2) is 0 Å². The van der Waals surface area contributed by atoms with Crippen LogP contribution in [0.2, 0.25) is 0 Å². The third-order valence-electron chi connectivity index (χ3n) is 6.51. The van der Waals surface area contributed by atoms with Crippen molar-refractivity contribution in [3.05, 3.63) is 78.2 Å². The van der Waals surface area contributed by atoms with Gasteiger partial charge in [0.1, 0.15) is 0 Å². The molecule has 192 valence electrons. The van der Waals surface area contributed by atoms with Crippen LogP contribution in [0.3, 0.4) is 0 Å². The molecule has 0 bridgehead atoms. The predicted molar refractivity (Wildman–Crippen MR) is 146 cm³/mol. The average Bonchev–Trinajstić information content (AvgIpc) is 3.42. The minimum Gasteiger partial charge on any atom is -0.395 e. The lowest BCUT2D eigenvalue weighted by atomic mass is 10.1. The summed E-state index contributed by atoms with van der Waals surface area (Å²) in [7, 11) is -3.72. The molecule has 1 aliphatic heterocycles. The van der Waals surface area contributed by atoms with Gasteiger partial charge in [-0.15, -0.1) is 0 Å². The van der Waals surface area contributed by atoms with Gasteiger partial charge in [-0.3, -0.25) is 0 Å². The van der Waals surface area contributed by atoms with Crippen molar-refractivity contribution in [1.82, 2.24) is 24.6 Å².